The fraction of sp³-hybridized carbons (Fsp3) is 0. The molecule has 80 heavy (non-hydrogen) atoms. The van der Waals surface area contributed by atoms with Gasteiger partial charge in [-0.3, -0.25) is 19.9 Å². The van der Waals surface area contributed by atoms with E-state index >= 15 is 0 Å². The first-order valence-electron chi connectivity index (χ1n) is 26.3. The standard InChI is InChI=1S/C68H38N12/c1-5-21-45-37(13-1)29-49-57(53(45)41-17-9-25-69-33-41)65-73-61(49)77-66-58-50(30-38-14-2-6-22-46(38)54(58)42-18-10-26-70-34-42)63(74-66)79-68-60-52(32-40-16-4-8-24-48(40)56(60)44-20-12-28-72-36-44)64(76-68)80-67-59-51(62(75-67)78-65)31-39-15-3-7-23-47(39)55(59)43-19-11-27-71-35-43/h1-36H,(H2,73,74,75,76,77,78,79,80). The number of hydrogen-bond acceptors (Lipinski definition) is 10. The van der Waals surface area contributed by atoms with Crippen molar-refractivity contribution in [3.05, 3.63) is 219 Å². The van der Waals surface area contributed by atoms with Gasteiger partial charge in [0.2, 0.25) is 0 Å². The molecule has 0 radical (unpaired) electrons. The lowest BCUT2D eigenvalue weighted by molar-refractivity contribution is 1.19. The number of aromatic nitrogens is 12. The zero-order valence-electron chi connectivity index (χ0n) is 42.3. The van der Waals surface area contributed by atoms with Crippen LogP contribution in [0.1, 0.15) is 0 Å². The largest absolute Gasteiger partial charge is 0.324 e. The van der Waals surface area contributed by atoms with Gasteiger partial charge in [-0.1, -0.05) is 121 Å². The van der Waals surface area contributed by atoms with Crippen molar-refractivity contribution >= 4 is 87.2 Å². The molecule has 0 unspecified atom stereocenters. The van der Waals surface area contributed by atoms with Crippen LogP contribution in [0.5, 0.6) is 0 Å². The molecule has 15 aromatic rings. The highest BCUT2D eigenvalue weighted by Crippen LogP contribution is 2.50. The van der Waals surface area contributed by atoms with Gasteiger partial charge in [0.1, 0.15) is 22.6 Å². The van der Waals surface area contributed by atoms with Crippen LogP contribution in [0.2, 0.25) is 0 Å². The zero-order chi connectivity index (χ0) is 52.4. The Labute approximate surface area is 454 Å². The van der Waals surface area contributed by atoms with Gasteiger partial charge in [0.05, 0.1) is 0 Å². The highest BCUT2D eigenvalue weighted by molar-refractivity contribution is 6.23. The molecule has 0 saturated carbocycles. The van der Waals surface area contributed by atoms with Gasteiger partial charge in [-0.15, -0.1) is 0 Å². The predicted octanol–water partition coefficient (Wildman–Crippen LogP) is 15.7. The Morgan fingerprint density at radius 1 is 0.250 bits per heavy atom. The Morgan fingerprint density at radius 3 is 0.938 bits per heavy atom. The summed E-state index contributed by atoms with van der Waals surface area (Å²) in [7, 11) is 0. The van der Waals surface area contributed by atoms with Crippen LogP contribution in [-0.4, -0.2) is 59.8 Å². The summed E-state index contributed by atoms with van der Waals surface area (Å²) in [6.07, 6.45) is 14.8. The molecule has 7 aromatic heterocycles. The third-order valence-electron chi connectivity index (χ3n) is 15.7. The van der Waals surface area contributed by atoms with Crippen molar-refractivity contribution in [3.63, 3.8) is 0 Å². The minimum absolute atomic E-state index is 0.478. The molecule has 0 amide bonds. The van der Waals surface area contributed by atoms with Gasteiger partial charge < -0.3 is 9.97 Å². The molecule has 0 atom stereocenters. The average molecular weight is 1020 g/mol. The highest BCUT2D eigenvalue weighted by atomic mass is 15.1. The SMILES string of the molecule is c1cncc(-c2c3c(cc4ccccc24)-c2nc-3nc3[nH]c(nc4nc(nc5[nH]c(n2)c2c(-c6cccnc6)c6ccccc6cc52)-c2c-4cc4ccccc4c2-c2cccnc2)c2c(-c4cccnc4)c4ccccc4cc32)c1. The van der Waals surface area contributed by atoms with Gasteiger partial charge >= 0.3 is 0 Å². The van der Waals surface area contributed by atoms with Gasteiger partial charge in [-0.2, -0.15) is 0 Å². The third kappa shape index (κ3) is 6.62. The van der Waals surface area contributed by atoms with E-state index in [1.54, 1.807) is 24.8 Å². The number of rotatable bonds is 4. The van der Waals surface area contributed by atoms with Crippen molar-refractivity contribution in [2.45, 2.75) is 0 Å². The quantitative estimate of drug-likeness (QED) is 0.174. The van der Waals surface area contributed by atoms with E-state index in [9.17, 15) is 0 Å². The van der Waals surface area contributed by atoms with Crippen molar-refractivity contribution < 1.29 is 0 Å². The molecule has 17 rings (SSSR count). The van der Waals surface area contributed by atoms with Crippen molar-refractivity contribution in [1.82, 2.24) is 59.8 Å². The third-order valence-corrected chi connectivity index (χ3v) is 15.7. The van der Waals surface area contributed by atoms with Crippen molar-refractivity contribution in [2.75, 3.05) is 0 Å². The summed E-state index contributed by atoms with van der Waals surface area (Å²) in [4.78, 5) is 60.1. The zero-order valence-corrected chi connectivity index (χ0v) is 42.3. The first-order chi connectivity index (χ1) is 39.7. The maximum absolute atomic E-state index is 5.70. The second-order valence-corrected chi connectivity index (χ2v) is 20.2. The van der Waals surface area contributed by atoms with E-state index in [0.717, 1.165) is 131 Å². The molecule has 8 aromatic carbocycles. The molecule has 0 fully saturated rings. The van der Waals surface area contributed by atoms with Crippen LogP contribution >= 0.6 is 0 Å². The summed E-state index contributed by atoms with van der Waals surface area (Å²) in [5.41, 5.74) is 13.1. The topological polar surface area (TPSA) is 160 Å². The molecular weight excluding hydrogens is 985 g/mol. The molecular formula is C68H38N12. The number of fused-ring (bicyclic) bond motifs is 24. The van der Waals surface area contributed by atoms with Gasteiger partial charge in [-0.25, -0.2) is 29.9 Å². The monoisotopic (exact) mass is 1020 g/mol. The molecule has 9 heterocycles. The molecule has 0 aliphatic carbocycles. The van der Waals surface area contributed by atoms with E-state index in [1.165, 1.54) is 0 Å². The van der Waals surface area contributed by atoms with Crippen LogP contribution in [0.4, 0.5) is 0 Å². The molecule has 12 heteroatoms. The minimum atomic E-state index is 0.478. The maximum atomic E-state index is 5.70. The fourth-order valence-electron chi connectivity index (χ4n) is 12.3. The first kappa shape index (κ1) is 43.9. The van der Waals surface area contributed by atoms with Crippen LogP contribution in [-0.2, 0) is 0 Å². The number of pyridine rings is 4. The summed E-state index contributed by atoms with van der Waals surface area (Å²) >= 11 is 0. The Hall–Kier alpha value is -11.2. The summed E-state index contributed by atoms with van der Waals surface area (Å²) in [6, 6.07) is 58.7. The van der Waals surface area contributed by atoms with Gasteiger partial charge in [0.25, 0.3) is 0 Å². The van der Waals surface area contributed by atoms with E-state index in [-0.39, 0.29) is 0 Å². The van der Waals surface area contributed by atoms with E-state index in [0.29, 0.717) is 45.9 Å². The average Bonchev–Trinajstić information content (AvgIpc) is 4.30. The molecule has 8 bridgehead atoms. The Kier molecular flexibility index (Phi) is 9.41. The van der Waals surface area contributed by atoms with Crippen LogP contribution in [0.25, 0.3) is 177 Å². The van der Waals surface area contributed by atoms with Gasteiger partial charge in [0.15, 0.2) is 23.3 Å². The lowest BCUT2D eigenvalue weighted by atomic mass is 9.90. The Morgan fingerprint density at radius 2 is 0.575 bits per heavy atom. The lowest BCUT2D eigenvalue weighted by Gasteiger charge is -2.13. The second kappa shape index (κ2) is 17.1. The Bertz CT molecular complexity index is 4960. The van der Waals surface area contributed by atoms with Crippen molar-refractivity contribution in [3.8, 4) is 90.1 Å². The van der Waals surface area contributed by atoms with Crippen molar-refractivity contribution in [2.24, 2.45) is 0 Å². The number of H-pyrrole nitrogens is 2. The van der Waals surface area contributed by atoms with Crippen LogP contribution < -0.4 is 0 Å². The molecule has 2 aliphatic rings. The number of benzene rings is 8. The number of hydrogen-bond donors (Lipinski definition) is 2. The van der Waals surface area contributed by atoms with E-state index < -0.39 is 0 Å². The fourth-order valence-corrected chi connectivity index (χ4v) is 12.3. The molecule has 2 aliphatic heterocycles. The summed E-state index contributed by atoms with van der Waals surface area (Å²) < 4.78 is 0. The minimum Gasteiger partial charge on any atom is -0.324 e. The first-order valence-corrected chi connectivity index (χ1v) is 26.3. The van der Waals surface area contributed by atoms with Crippen LogP contribution in [0.15, 0.2) is 219 Å². The molecule has 0 spiro atoms. The van der Waals surface area contributed by atoms with Crippen LogP contribution in [0.3, 0.4) is 0 Å². The van der Waals surface area contributed by atoms with E-state index in [2.05, 4.69) is 175 Å². The van der Waals surface area contributed by atoms with E-state index in [4.69, 9.17) is 29.9 Å². The second-order valence-electron chi connectivity index (χ2n) is 20.2. The summed E-state index contributed by atoms with van der Waals surface area (Å²) in [6.45, 7) is 0. The highest BCUT2D eigenvalue weighted by Gasteiger charge is 2.30. The van der Waals surface area contributed by atoms with Gasteiger partial charge in [-0.05, 0) is 91.6 Å². The number of aromatic amines is 2. The molecule has 2 N–H and O–H groups in total. The normalized spacial score (nSPS) is 12.0. The smallest absolute Gasteiger partial charge is 0.165 e. The molecule has 370 valence electrons. The van der Waals surface area contributed by atoms with Crippen molar-refractivity contribution in [1.29, 1.82) is 0 Å². The number of nitrogens with zero attached hydrogens (tertiary/aromatic N) is 10. The van der Waals surface area contributed by atoms with Gasteiger partial charge in [0, 0.05) is 138 Å². The van der Waals surface area contributed by atoms with E-state index in [1.807, 2.05) is 49.1 Å². The summed E-state index contributed by atoms with van der Waals surface area (Å²) in [5.74, 6) is 1.92. The van der Waals surface area contributed by atoms with Crippen LogP contribution in [0, 0.1) is 0 Å². The molecule has 0 saturated heterocycles. The predicted molar refractivity (Wildman–Crippen MR) is 319 cm³/mol. The summed E-state index contributed by atoms with van der Waals surface area (Å²) in [5, 5.41) is 11.7. The Balaban J connectivity index is 1.13. The lowest BCUT2D eigenvalue weighted by Crippen LogP contribution is -1.91. The maximum Gasteiger partial charge on any atom is 0.165 e. The molecule has 12 nitrogen and oxygen atoms in total. The number of nitrogens with one attached hydrogen (secondary N) is 2.